The van der Waals surface area contributed by atoms with Gasteiger partial charge in [-0.3, -0.25) is 0 Å². The predicted octanol–water partition coefficient (Wildman–Crippen LogP) is 1.98. The van der Waals surface area contributed by atoms with Gasteiger partial charge < -0.3 is 9.26 Å². The zero-order valence-electron chi connectivity index (χ0n) is 9.72. The summed E-state index contributed by atoms with van der Waals surface area (Å²) in [5, 5.41) is 3.48. The molecule has 0 aliphatic rings. The molecule has 0 N–H and O–H groups in total. The van der Waals surface area contributed by atoms with Gasteiger partial charge in [0, 0.05) is 0 Å². The number of hydrogen-bond acceptors (Lipinski definition) is 5. The Kier molecular flexibility index (Phi) is 3.66. The molecule has 1 aromatic heterocycles. The van der Waals surface area contributed by atoms with E-state index in [2.05, 4.69) is 10.1 Å². The molecule has 2 rings (SSSR count). The van der Waals surface area contributed by atoms with Gasteiger partial charge in [0.15, 0.2) is 0 Å². The van der Waals surface area contributed by atoms with Crippen LogP contribution >= 0.6 is 0 Å². The highest BCUT2D eigenvalue weighted by molar-refractivity contribution is 5.84. The average molecular weight is 250 g/mol. The molecule has 0 fully saturated rings. The molecule has 0 atom stereocenters. The summed E-state index contributed by atoms with van der Waals surface area (Å²) in [6.45, 7) is 1.91. The van der Waals surface area contributed by atoms with Gasteiger partial charge >= 0.3 is 5.97 Å². The van der Waals surface area contributed by atoms with E-state index in [-0.39, 0.29) is 30.6 Å². The predicted molar refractivity (Wildman–Crippen MR) is 59.5 cm³/mol. The molecule has 0 aliphatic heterocycles. The van der Waals surface area contributed by atoms with E-state index in [0.717, 1.165) is 0 Å². The molecule has 0 saturated heterocycles. The zero-order chi connectivity index (χ0) is 13.0. The van der Waals surface area contributed by atoms with Crippen molar-refractivity contribution in [3.8, 4) is 0 Å². The second-order valence-corrected chi connectivity index (χ2v) is 3.50. The Labute approximate surface area is 103 Å². The summed E-state index contributed by atoms with van der Waals surface area (Å²) < 4.78 is 23.0. The van der Waals surface area contributed by atoms with Crippen molar-refractivity contribution in [3.63, 3.8) is 0 Å². The lowest BCUT2D eigenvalue weighted by Gasteiger charge is -1.97. The van der Waals surface area contributed by atoms with Crippen molar-refractivity contribution in [1.82, 2.24) is 10.1 Å². The van der Waals surface area contributed by atoms with Crippen LogP contribution in [0.5, 0.6) is 0 Å². The molecule has 0 bridgehead atoms. The largest absolute Gasteiger partial charge is 0.460 e. The number of benzene rings is 1. The molecule has 0 aliphatic carbocycles. The van der Waals surface area contributed by atoms with E-state index in [1.807, 2.05) is 0 Å². The third-order valence-corrected chi connectivity index (χ3v) is 2.23. The molecule has 0 spiro atoms. The maximum absolute atomic E-state index is 13.4. The van der Waals surface area contributed by atoms with Crippen molar-refractivity contribution in [1.29, 1.82) is 0 Å². The number of ether oxygens (including phenoxy) is 1. The van der Waals surface area contributed by atoms with Gasteiger partial charge in [-0.15, -0.1) is 0 Å². The van der Waals surface area contributed by atoms with Crippen LogP contribution in [-0.2, 0) is 11.2 Å². The van der Waals surface area contributed by atoms with Crippen molar-refractivity contribution in [2.75, 3.05) is 6.61 Å². The van der Waals surface area contributed by atoms with Crippen molar-refractivity contribution < 1.29 is 18.4 Å². The monoisotopic (exact) mass is 250 g/mol. The number of esters is 1. The fourth-order valence-corrected chi connectivity index (χ4v) is 1.41. The van der Waals surface area contributed by atoms with Crippen LogP contribution in [0.15, 0.2) is 28.8 Å². The highest BCUT2D eigenvalue weighted by atomic mass is 19.1. The number of nitrogens with zero attached hydrogens (tertiary/aromatic N) is 2. The Balaban J connectivity index is 2.12. The first kappa shape index (κ1) is 12.2. The number of halogens is 1. The molecule has 0 unspecified atom stereocenters. The van der Waals surface area contributed by atoms with E-state index < -0.39 is 5.97 Å². The molecule has 0 radical (unpaired) electrons. The summed E-state index contributed by atoms with van der Waals surface area (Å²) in [6.07, 6.45) is 0.138. The quantitative estimate of drug-likeness (QED) is 0.776. The molecule has 6 heteroatoms. The molecule has 1 aromatic carbocycles. The summed E-state index contributed by atoms with van der Waals surface area (Å²) in [4.78, 5) is 15.1. The Morgan fingerprint density at radius 3 is 2.94 bits per heavy atom. The average Bonchev–Trinajstić information content (AvgIpc) is 2.81. The lowest BCUT2D eigenvalue weighted by atomic mass is 10.1. The second kappa shape index (κ2) is 5.39. The van der Waals surface area contributed by atoms with Gasteiger partial charge in [-0.05, 0) is 23.7 Å². The second-order valence-electron chi connectivity index (χ2n) is 3.50. The third-order valence-electron chi connectivity index (χ3n) is 2.23. The lowest BCUT2D eigenvalue weighted by molar-refractivity contribution is 0.0508. The fraction of sp³-hybridized carbons (Fsp3) is 0.250. The number of hydrogen-bond donors (Lipinski definition) is 0. The maximum atomic E-state index is 13.4. The summed E-state index contributed by atoms with van der Waals surface area (Å²) in [5.74, 6) is -0.985. The van der Waals surface area contributed by atoms with E-state index >= 15 is 0 Å². The SMILES string of the molecule is CCOC(=O)c1noc(Cc2ccccc2F)n1. The number of carbonyl (C=O) groups is 1. The van der Waals surface area contributed by atoms with Crippen LogP contribution in [0.3, 0.4) is 0 Å². The van der Waals surface area contributed by atoms with Crippen LogP contribution < -0.4 is 0 Å². The van der Waals surface area contributed by atoms with Crippen LogP contribution in [-0.4, -0.2) is 22.7 Å². The van der Waals surface area contributed by atoms with Crippen molar-refractivity contribution in [2.45, 2.75) is 13.3 Å². The first-order chi connectivity index (χ1) is 8.70. The van der Waals surface area contributed by atoms with Gasteiger partial charge in [0.2, 0.25) is 5.89 Å². The smallest absolute Gasteiger partial charge is 0.379 e. The molecule has 2 aromatic rings. The van der Waals surface area contributed by atoms with Crippen molar-refractivity contribution in [3.05, 3.63) is 47.4 Å². The maximum Gasteiger partial charge on any atom is 0.379 e. The van der Waals surface area contributed by atoms with Gasteiger partial charge in [0.05, 0.1) is 13.0 Å². The number of rotatable bonds is 4. The van der Waals surface area contributed by atoms with Gasteiger partial charge in [0.25, 0.3) is 5.82 Å². The van der Waals surface area contributed by atoms with Crippen molar-refractivity contribution >= 4 is 5.97 Å². The molecule has 18 heavy (non-hydrogen) atoms. The molecule has 1 heterocycles. The minimum Gasteiger partial charge on any atom is -0.460 e. The first-order valence-electron chi connectivity index (χ1n) is 5.43. The summed E-state index contributed by atoms with van der Waals surface area (Å²) in [5.41, 5.74) is 0.427. The lowest BCUT2D eigenvalue weighted by Crippen LogP contribution is -2.06. The van der Waals surface area contributed by atoms with Crippen LogP contribution in [0.2, 0.25) is 0 Å². The normalized spacial score (nSPS) is 10.3. The molecular weight excluding hydrogens is 239 g/mol. The van der Waals surface area contributed by atoms with Gasteiger partial charge in [-0.25, -0.2) is 9.18 Å². The van der Waals surface area contributed by atoms with E-state index in [4.69, 9.17) is 9.26 Å². The summed E-state index contributed by atoms with van der Waals surface area (Å²) in [7, 11) is 0. The van der Waals surface area contributed by atoms with Gasteiger partial charge in [0.1, 0.15) is 5.82 Å². The van der Waals surface area contributed by atoms with Gasteiger partial charge in [-0.1, -0.05) is 18.2 Å². The molecule has 94 valence electrons. The minimum atomic E-state index is -0.652. The number of carbonyl (C=O) groups excluding carboxylic acids is 1. The molecule has 0 saturated carbocycles. The van der Waals surface area contributed by atoms with Crippen LogP contribution in [0.4, 0.5) is 4.39 Å². The van der Waals surface area contributed by atoms with Gasteiger partial charge in [-0.2, -0.15) is 4.98 Å². The molecular formula is C12H11FN2O3. The Bertz CT molecular complexity index is 554. The Morgan fingerprint density at radius 1 is 1.44 bits per heavy atom. The Hall–Kier alpha value is -2.24. The van der Waals surface area contributed by atoms with E-state index in [9.17, 15) is 9.18 Å². The van der Waals surface area contributed by atoms with Crippen LogP contribution in [0.1, 0.15) is 29.0 Å². The first-order valence-corrected chi connectivity index (χ1v) is 5.43. The topological polar surface area (TPSA) is 65.2 Å². The number of aromatic nitrogens is 2. The highest BCUT2D eigenvalue weighted by Crippen LogP contribution is 2.11. The van der Waals surface area contributed by atoms with E-state index in [1.54, 1.807) is 25.1 Å². The van der Waals surface area contributed by atoms with Crippen LogP contribution in [0.25, 0.3) is 0 Å². The van der Waals surface area contributed by atoms with Crippen LogP contribution in [0, 0.1) is 5.82 Å². The zero-order valence-corrected chi connectivity index (χ0v) is 9.72. The fourth-order valence-electron chi connectivity index (χ4n) is 1.41. The van der Waals surface area contributed by atoms with E-state index in [1.165, 1.54) is 6.07 Å². The summed E-state index contributed by atoms with van der Waals surface area (Å²) >= 11 is 0. The third kappa shape index (κ3) is 2.71. The standard InChI is InChI=1S/C12H11FN2O3/c1-2-17-12(16)11-14-10(18-15-11)7-8-5-3-4-6-9(8)13/h3-6H,2,7H2,1H3. The molecule has 0 amide bonds. The highest BCUT2D eigenvalue weighted by Gasteiger charge is 2.16. The van der Waals surface area contributed by atoms with E-state index in [0.29, 0.717) is 5.56 Å². The molecule has 5 nitrogen and oxygen atoms in total. The Morgan fingerprint density at radius 2 is 2.22 bits per heavy atom. The minimum absolute atomic E-state index is 0.138. The van der Waals surface area contributed by atoms with Crippen molar-refractivity contribution in [2.24, 2.45) is 0 Å². The summed E-state index contributed by atoms with van der Waals surface area (Å²) in [6, 6.07) is 6.26.